The molecule has 3 aromatic heterocycles. The predicted octanol–water partition coefficient (Wildman–Crippen LogP) is 5.93. The number of rotatable bonds is 3. The summed E-state index contributed by atoms with van der Waals surface area (Å²) in [6, 6.07) is 13.6. The Labute approximate surface area is 188 Å². The smallest absolute Gasteiger partial charge is 0.340 e. The molecule has 4 aromatic rings. The van der Waals surface area contributed by atoms with E-state index in [9.17, 15) is 13.2 Å². The number of nitrogens with zero attached hydrogens (tertiary/aromatic N) is 4. The fourth-order valence-corrected chi connectivity index (χ4v) is 5.12. The summed E-state index contributed by atoms with van der Waals surface area (Å²) >= 11 is 0. The van der Waals surface area contributed by atoms with Gasteiger partial charge in [0.25, 0.3) is 0 Å². The second-order valence-electron chi connectivity index (χ2n) is 8.90. The van der Waals surface area contributed by atoms with Crippen LogP contribution < -0.4 is 4.90 Å². The molecule has 1 aliphatic heterocycles. The van der Waals surface area contributed by atoms with Gasteiger partial charge in [0.05, 0.1) is 16.5 Å². The molecule has 1 N–H and O–H groups in total. The predicted molar refractivity (Wildman–Crippen MR) is 120 cm³/mol. The van der Waals surface area contributed by atoms with Crippen LogP contribution in [0.3, 0.4) is 0 Å². The van der Waals surface area contributed by atoms with Gasteiger partial charge in [0.15, 0.2) is 5.65 Å². The lowest BCUT2D eigenvalue weighted by molar-refractivity contribution is -0.137. The maximum absolute atomic E-state index is 13.1. The molecule has 168 valence electrons. The van der Waals surface area contributed by atoms with Crippen LogP contribution in [-0.2, 0) is 18.0 Å². The number of aromatic nitrogens is 4. The zero-order chi connectivity index (χ0) is 22.6. The zero-order valence-electron chi connectivity index (χ0n) is 17.9. The van der Waals surface area contributed by atoms with Crippen LogP contribution in [0.2, 0.25) is 0 Å². The Kier molecular flexibility index (Phi) is 4.47. The minimum absolute atomic E-state index is 0.318. The van der Waals surface area contributed by atoms with Gasteiger partial charge < -0.3 is 9.88 Å². The van der Waals surface area contributed by atoms with Crippen molar-refractivity contribution in [2.45, 2.75) is 43.7 Å². The first-order valence-corrected chi connectivity index (χ1v) is 11.2. The van der Waals surface area contributed by atoms with Crippen molar-refractivity contribution in [3.05, 3.63) is 77.4 Å². The van der Waals surface area contributed by atoms with E-state index in [1.165, 1.54) is 11.3 Å². The number of nitrogens with one attached hydrogen (secondary N) is 1. The molecule has 0 amide bonds. The van der Waals surface area contributed by atoms with Crippen molar-refractivity contribution in [2.24, 2.45) is 0 Å². The van der Waals surface area contributed by atoms with E-state index in [-0.39, 0.29) is 5.41 Å². The fraction of sp³-hybridized carbons (Fsp3) is 0.320. The van der Waals surface area contributed by atoms with Gasteiger partial charge in [0, 0.05) is 24.6 Å². The average Bonchev–Trinajstić information content (AvgIpc) is 3.21. The number of H-pyrrole nitrogens is 1. The highest BCUT2D eigenvalue weighted by Crippen LogP contribution is 2.49. The van der Waals surface area contributed by atoms with Crippen molar-refractivity contribution < 1.29 is 13.2 Å². The van der Waals surface area contributed by atoms with E-state index in [0.29, 0.717) is 17.0 Å². The molecule has 1 aliphatic carbocycles. The number of imidazole rings is 1. The highest BCUT2D eigenvalue weighted by atomic mass is 19.4. The largest absolute Gasteiger partial charge is 0.417 e. The highest BCUT2D eigenvalue weighted by molar-refractivity contribution is 5.72. The Morgan fingerprint density at radius 3 is 2.61 bits per heavy atom. The van der Waals surface area contributed by atoms with Crippen LogP contribution in [0.15, 0.2) is 54.9 Å². The van der Waals surface area contributed by atoms with Crippen LogP contribution in [0.25, 0.3) is 11.2 Å². The molecule has 0 spiro atoms. The van der Waals surface area contributed by atoms with E-state index >= 15 is 0 Å². The molecule has 0 bridgehead atoms. The zero-order valence-corrected chi connectivity index (χ0v) is 17.9. The topological polar surface area (TPSA) is 57.7 Å². The van der Waals surface area contributed by atoms with Gasteiger partial charge in [-0.2, -0.15) is 13.2 Å². The SMILES string of the molecule is FC(F)(F)c1cnc2nc(C3(c4ccc5c(c4)CCCN5c4ccccn4)CCC3)[nH]c2c1. The molecule has 8 heteroatoms. The quantitative estimate of drug-likeness (QED) is 0.421. The van der Waals surface area contributed by atoms with Gasteiger partial charge in [-0.1, -0.05) is 24.6 Å². The summed E-state index contributed by atoms with van der Waals surface area (Å²) in [6.45, 7) is 0.922. The van der Waals surface area contributed by atoms with Crippen LogP contribution in [0.1, 0.15) is 48.2 Å². The number of benzene rings is 1. The third kappa shape index (κ3) is 3.27. The first-order chi connectivity index (χ1) is 15.9. The fourth-order valence-electron chi connectivity index (χ4n) is 5.12. The summed E-state index contributed by atoms with van der Waals surface area (Å²) in [5, 5.41) is 0. The Balaban J connectivity index is 1.40. The van der Waals surface area contributed by atoms with Gasteiger partial charge in [-0.05, 0) is 61.1 Å². The van der Waals surface area contributed by atoms with Crippen molar-refractivity contribution in [2.75, 3.05) is 11.4 Å². The van der Waals surface area contributed by atoms with Crippen LogP contribution in [-0.4, -0.2) is 26.5 Å². The molecule has 0 saturated heterocycles. The van der Waals surface area contributed by atoms with E-state index in [0.717, 1.165) is 62.3 Å². The normalized spacial score (nSPS) is 17.6. The van der Waals surface area contributed by atoms with Gasteiger partial charge in [-0.3, -0.25) is 0 Å². The number of aryl methyl sites for hydroxylation is 1. The van der Waals surface area contributed by atoms with E-state index in [2.05, 4.69) is 43.0 Å². The van der Waals surface area contributed by atoms with Gasteiger partial charge in [-0.15, -0.1) is 0 Å². The third-order valence-corrected chi connectivity index (χ3v) is 7.00. The summed E-state index contributed by atoms with van der Waals surface area (Å²) in [4.78, 5) is 18.5. The van der Waals surface area contributed by atoms with Crippen LogP contribution in [0.4, 0.5) is 24.7 Å². The minimum atomic E-state index is -4.43. The molecular formula is C25H22F3N5. The van der Waals surface area contributed by atoms with Crippen molar-refractivity contribution in [1.29, 1.82) is 0 Å². The number of aromatic amines is 1. The maximum atomic E-state index is 13.1. The summed E-state index contributed by atoms with van der Waals surface area (Å²) in [5.41, 5.74) is 3.15. The molecule has 33 heavy (non-hydrogen) atoms. The van der Waals surface area contributed by atoms with Crippen molar-refractivity contribution >= 4 is 22.7 Å². The summed E-state index contributed by atoms with van der Waals surface area (Å²) in [7, 11) is 0. The number of alkyl halides is 3. The number of pyridine rings is 2. The molecule has 1 fully saturated rings. The van der Waals surface area contributed by atoms with Gasteiger partial charge in [-0.25, -0.2) is 15.0 Å². The number of anilines is 2. The molecule has 5 nitrogen and oxygen atoms in total. The Hall–Kier alpha value is -3.42. The second kappa shape index (κ2) is 7.30. The monoisotopic (exact) mass is 449 g/mol. The number of halogens is 3. The maximum Gasteiger partial charge on any atom is 0.417 e. The lowest BCUT2D eigenvalue weighted by atomic mass is 9.63. The number of fused-ring (bicyclic) bond motifs is 2. The summed E-state index contributed by atoms with van der Waals surface area (Å²) < 4.78 is 39.4. The molecule has 1 saturated carbocycles. The molecule has 0 atom stereocenters. The van der Waals surface area contributed by atoms with E-state index in [1.807, 2.05) is 18.2 Å². The summed E-state index contributed by atoms with van der Waals surface area (Å²) in [5.74, 6) is 1.64. The van der Waals surface area contributed by atoms with Crippen LogP contribution in [0, 0.1) is 0 Å². The van der Waals surface area contributed by atoms with Crippen molar-refractivity contribution in [3.8, 4) is 0 Å². The lowest BCUT2D eigenvalue weighted by Crippen LogP contribution is -2.37. The van der Waals surface area contributed by atoms with Gasteiger partial charge in [0.2, 0.25) is 0 Å². The first-order valence-electron chi connectivity index (χ1n) is 11.2. The van der Waals surface area contributed by atoms with E-state index < -0.39 is 11.7 Å². The Bertz CT molecular complexity index is 1330. The van der Waals surface area contributed by atoms with Gasteiger partial charge >= 0.3 is 6.18 Å². The van der Waals surface area contributed by atoms with Crippen LogP contribution in [0.5, 0.6) is 0 Å². The minimum Gasteiger partial charge on any atom is -0.340 e. The van der Waals surface area contributed by atoms with E-state index in [4.69, 9.17) is 0 Å². The Morgan fingerprint density at radius 2 is 1.88 bits per heavy atom. The molecule has 0 radical (unpaired) electrons. The highest BCUT2D eigenvalue weighted by Gasteiger charge is 2.44. The number of hydrogen-bond acceptors (Lipinski definition) is 4. The van der Waals surface area contributed by atoms with Crippen molar-refractivity contribution in [1.82, 2.24) is 19.9 Å². The van der Waals surface area contributed by atoms with E-state index in [1.54, 1.807) is 6.20 Å². The lowest BCUT2D eigenvalue weighted by Gasteiger charge is -2.41. The van der Waals surface area contributed by atoms with Crippen molar-refractivity contribution in [3.63, 3.8) is 0 Å². The van der Waals surface area contributed by atoms with Crippen LogP contribution >= 0.6 is 0 Å². The first kappa shape index (κ1) is 20.2. The average molecular weight is 449 g/mol. The standard InChI is InChI=1S/C25H22F3N5/c26-25(27,28)18-14-19-22(30-15-18)32-23(31-19)24(9-4-10-24)17-7-8-20-16(13-17)5-3-12-33(20)21-6-1-2-11-29-21/h1-2,6-8,11,13-15H,3-5,9-10,12H2,(H,30,31,32). The number of hydrogen-bond donors (Lipinski definition) is 1. The van der Waals surface area contributed by atoms with Gasteiger partial charge in [0.1, 0.15) is 11.6 Å². The molecule has 2 aliphatic rings. The molecule has 4 heterocycles. The third-order valence-electron chi connectivity index (χ3n) is 7.00. The molecule has 6 rings (SSSR count). The summed E-state index contributed by atoms with van der Waals surface area (Å²) in [6.07, 6.45) is 3.11. The Morgan fingerprint density at radius 1 is 1.00 bits per heavy atom. The molecule has 1 aromatic carbocycles. The second-order valence-corrected chi connectivity index (χ2v) is 8.90. The molecular weight excluding hydrogens is 427 g/mol. The molecule has 0 unspecified atom stereocenters.